The Morgan fingerprint density at radius 2 is 1.81 bits per heavy atom. The summed E-state index contributed by atoms with van der Waals surface area (Å²) in [7, 11) is 1.77. The van der Waals surface area contributed by atoms with E-state index in [0.29, 0.717) is 38.9 Å². The van der Waals surface area contributed by atoms with Crippen molar-refractivity contribution in [2.24, 2.45) is 4.99 Å². The van der Waals surface area contributed by atoms with Crippen LogP contribution in [0, 0.1) is 0 Å². The average molecular weight is 562 g/mol. The van der Waals surface area contributed by atoms with Crippen LogP contribution in [0.4, 0.5) is 4.79 Å². The highest BCUT2D eigenvalue weighted by Crippen LogP contribution is 2.13. The predicted molar refractivity (Wildman–Crippen MR) is 140 cm³/mol. The number of nitrogens with one attached hydrogen (secondary N) is 2. The van der Waals surface area contributed by atoms with Crippen molar-refractivity contribution in [3.8, 4) is 5.75 Å². The summed E-state index contributed by atoms with van der Waals surface area (Å²) in [6.45, 7) is 12.4. The smallest absolute Gasteiger partial charge is 0.409 e. The number of ether oxygens (including phenoxy) is 2. The number of likely N-dealkylation sites (N-methyl/N-ethyl adjacent to an activating group) is 1. The third kappa shape index (κ3) is 9.81. The molecule has 182 valence electrons. The monoisotopic (exact) mass is 561 g/mol. The second-order valence-electron chi connectivity index (χ2n) is 7.55. The number of aliphatic imine (C=N–C) groups is 1. The van der Waals surface area contributed by atoms with Crippen LogP contribution in [-0.4, -0.2) is 80.9 Å². The molecule has 1 heterocycles. The Morgan fingerprint density at radius 1 is 1.16 bits per heavy atom. The van der Waals surface area contributed by atoms with E-state index in [1.54, 1.807) is 11.9 Å². The number of likely N-dealkylation sites (tertiary alicyclic amines) is 1. The van der Waals surface area contributed by atoms with Crippen molar-refractivity contribution in [2.45, 2.75) is 46.2 Å². The van der Waals surface area contributed by atoms with Crippen molar-refractivity contribution in [3.05, 3.63) is 29.8 Å². The molecule has 0 aliphatic carbocycles. The van der Waals surface area contributed by atoms with Crippen LogP contribution in [0.25, 0.3) is 0 Å². The van der Waals surface area contributed by atoms with Crippen LogP contribution in [-0.2, 0) is 11.3 Å². The highest BCUT2D eigenvalue weighted by molar-refractivity contribution is 14.0. The Bertz CT molecular complexity index is 675. The Kier molecular flexibility index (Phi) is 14.1. The van der Waals surface area contributed by atoms with Gasteiger partial charge in [0.05, 0.1) is 6.61 Å². The molecule has 0 saturated carbocycles. The van der Waals surface area contributed by atoms with Crippen LogP contribution in [0.1, 0.15) is 39.2 Å². The molecule has 1 saturated heterocycles. The number of guanidine groups is 1. The highest BCUT2D eigenvalue weighted by Gasteiger charge is 2.24. The molecule has 8 nitrogen and oxygen atoms in total. The molecule has 2 N–H and O–H groups in total. The van der Waals surface area contributed by atoms with E-state index in [2.05, 4.69) is 46.5 Å². The summed E-state index contributed by atoms with van der Waals surface area (Å²) in [5, 5.41) is 6.83. The first-order valence-electron chi connectivity index (χ1n) is 11.4. The molecular weight excluding hydrogens is 521 g/mol. The SMILES string of the molecule is CCOC(=O)N1CCC(NC(=NC)NCc2ccc(OCCN(CC)CC)cc2)CC1.I. The molecule has 0 atom stereocenters. The lowest BCUT2D eigenvalue weighted by molar-refractivity contribution is 0.0963. The van der Waals surface area contributed by atoms with E-state index in [1.807, 2.05) is 19.1 Å². The first-order chi connectivity index (χ1) is 15.1. The second-order valence-corrected chi connectivity index (χ2v) is 7.55. The van der Waals surface area contributed by atoms with E-state index >= 15 is 0 Å². The fourth-order valence-corrected chi connectivity index (χ4v) is 3.53. The summed E-state index contributed by atoms with van der Waals surface area (Å²) in [4.78, 5) is 20.3. The summed E-state index contributed by atoms with van der Waals surface area (Å²) >= 11 is 0. The van der Waals surface area contributed by atoms with Gasteiger partial charge in [-0.2, -0.15) is 0 Å². The van der Waals surface area contributed by atoms with Gasteiger partial charge in [0, 0.05) is 39.3 Å². The molecule has 1 aromatic rings. The minimum Gasteiger partial charge on any atom is -0.492 e. The summed E-state index contributed by atoms with van der Waals surface area (Å²) in [6.07, 6.45) is 1.53. The molecule has 0 radical (unpaired) electrons. The zero-order valence-corrected chi connectivity index (χ0v) is 22.3. The van der Waals surface area contributed by atoms with Crippen molar-refractivity contribution in [3.63, 3.8) is 0 Å². The Balaban J connectivity index is 0.00000512. The number of rotatable bonds is 10. The lowest BCUT2D eigenvalue weighted by atomic mass is 10.1. The molecule has 1 fully saturated rings. The quantitative estimate of drug-likeness (QED) is 0.260. The van der Waals surface area contributed by atoms with E-state index in [4.69, 9.17) is 9.47 Å². The van der Waals surface area contributed by atoms with Crippen LogP contribution < -0.4 is 15.4 Å². The van der Waals surface area contributed by atoms with Crippen molar-refractivity contribution in [1.29, 1.82) is 0 Å². The Hall–Kier alpha value is -1.75. The molecule has 9 heteroatoms. The molecule has 1 aliphatic heterocycles. The number of carbonyl (C=O) groups is 1. The average Bonchev–Trinajstić information content (AvgIpc) is 2.81. The molecule has 2 rings (SSSR count). The summed E-state index contributed by atoms with van der Waals surface area (Å²) in [5.41, 5.74) is 1.16. The zero-order valence-electron chi connectivity index (χ0n) is 19.9. The maximum Gasteiger partial charge on any atom is 0.409 e. The first kappa shape index (κ1) is 28.3. The Labute approximate surface area is 210 Å². The van der Waals surface area contributed by atoms with E-state index in [9.17, 15) is 4.79 Å². The van der Waals surface area contributed by atoms with Crippen molar-refractivity contribution in [2.75, 3.05) is 53.0 Å². The molecular formula is C23H40IN5O3. The van der Waals surface area contributed by atoms with Gasteiger partial charge in [-0.1, -0.05) is 26.0 Å². The van der Waals surface area contributed by atoms with Gasteiger partial charge in [-0.25, -0.2) is 4.79 Å². The van der Waals surface area contributed by atoms with Crippen molar-refractivity contribution in [1.82, 2.24) is 20.4 Å². The van der Waals surface area contributed by atoms with Gasteiger partial charge in [-0.3, -0.25) is 4.99 Å². The standard InChI is InChI=1S/C23H39N5O3.HI/c1-5-27(6-2)16-17-31-21-10-8-19(9-11-21)18-25-22(24-4)26-20-12-14-28(15-13-20)23(29)30-7-3;/h8-11,20H,5-7,12-18H2,1-4H3,(H2,24,25,26);1H. The van der Waals surface area contributed by atoms with E-state index in [-0.39, 0.29) is 30.1 Å². The number of benzene rings is 1. The van der Waals surface area contributed by atoms with Crippen LogP contribution >= 0.6 is 24.0 Å². The van der Waals surface area contributed by atoms with Crippen LogP contribution in [0.3, 0.4) is 0 Å². The molecule has 0 bridgehead atoms. The number of amides is 1. The summed E-state index contributed by atoms with van der Waals surface area (Å²) < 4.78 is 10.9. The largest absolute Gasteiger partial charge is 0.492 e. The number of halogens is 1. The van der Waals surface area contributed by atoms with Gasteiger partial charge in [0.1, 0.15) is 12.4 Å². The number of hydrogen-bond acceptors (Lipinski definition) is 5. The maximum absolute atomic E-state index is 11.8. The highest BCUT2D eigenvalue weighted by atomic mass is 127. The normalized spacial score (nSPS) is 14.7. The van der Waals surface area contributed by atoms with Gasteiger partial charge in [0.25, 0.3) is 0 Å². The molecule has 0 aromatic heterocycles. The van der Waals surface area contributed by atoms with Crippen LogP contribution in [0.5, 0.6) is 5.75 Å². The van der Waals surface area contributed by atoms with E-state index in [1.165, 1.54) is 0 Å². The van der Waals surface area contributed by atoms with Crippen LogP contribution in [0.2, 0.25) is 0 Å². The van der Waals surface area contributed by atoms with E-state index in [0.717, 1.165) is 49.7 Å². The number of piperidine rings is 1. The predicted octanol–water partition coefficient (Wildman–Crippen LogP) is 3.31. The molecule has 0 spiro atoms. The number of carbonyl (C=O) groups excluding carboxylic acids is 1. The molecule has 1 aliphatic rings. The minimum absolute atomic E-state index is 0. The fourth-order valence-electron chi connectivity index (χ4n) is 3.53. The first-order valence-corrected chi connectivity index (χ1v) is 11.4. The topological polar surface area (TPSA) is 78.4 Å². The maximum atomic E-state index is 11.8. The number of nitrogens with zero attached hydrogens (tertiary/aromatic N) is 3. The van der Waals surface area contributed by atoms with Gasteiger partial charge in [0.2, 0.25) is 0 Å². The van der Waals surface area contributed by atoms with Gasteiger partial charge in [-0.15, -0.1) is 24.0 Å². The molecule has 1 aromatic carbocycles. The fraction of sp³-hybridized carbons (Fsp3) is 0.652. The third-order valence-corrected chi connectivity index (χ3v) is 5.54. The molecule has 32 heavy (non-hydrogen) atoms. The van der Waals surface area contributed by atoms with Gasteiger partial charge < -0.3 is 29.9 Å². The van der Waals surface area contributed by atoms with Crippen molar-refractivity contribution < 1.29 is 14.3 Å². The minimum atomic E-state index is -0.219. The second kappa shape index (κ2) is 16.0. The lowest BCUT2D eigenvalue weighted by Gasteiger charge is -2.32. The Morgan fingerprint density at radius 3 is 2.38 bits per heavy atom. The zero-order chi connectivity index (χ0) is 22.5. The van der Waals surface area contributed by atoms with Gasteiger partial charge in [-0.05, 0) is 50.6 Å². The summed E-state index contributed by atoms with van der Waals surface area (Å²) in [5.74, 6) is 1.67. The molecule has 1 amide bonds. The molecule has 0 unspecified atom stereocenters. The summed E-state index contributed by atoms with van der Waals surface area (Å²) in [6, 6.07) is 8.47. The van der Waals surface area contributed by atoms with E-state index < -0.39 is 0 Å². The lowest BCUT2D eigenvalue weighted by Crippen LogP contribution is -2.49. The van der Waals surface area contributed by atoms with Crippen molar-refractivity contribution >= 4 is 36.0 Å². The van der Waals surface area contributed by atoms with Gasteiger partial charge in [0.15, 0.2) is 5.96 Å². The number of hydrogen-bond donors (Lipinski definition) is 2. The third-order valence-electron chi connectivity index (χ3n) is 5.54. The van der Waals surface area contributed by atoms with Gasteiger partial charge >= 0.3 is 6.09 Å². The van der Waals surface area contributed by atoms with Crippen LogP contribution in [0.15, 0.2) is 29.3 Å².